The molecule has 1 N–H and O–H groups in total. The van der Waals surface area contributed by atoms with Gasteiger partial charge in [0.2, 0.25) is 5.91 Å². The van der Waals surface area contributed by atoms with E-state index in [2.05, 4.69) is 4.98 Å². The molecule has 1 aliphatic heterocycles. The van der Waals surface area contributed by atoms with Crippen LogP contribution in [0.25, 0.3) is 0 Å². The van der Waals surface area contributed by atoms with Crippen molar-refractivity contribution in [2.24, 2.45) is 0 Å². The van der Waals surface area contributed by atoms with E-state index in [0.29, 0.717) is 19.5 Å². The predicted octanol–water partition coefficient (Wildman–Crippen LogP) is 0.739. The molecule has 1 unspecified atom stereocenters. The Bertz CT molecular complexity index is 416. The SMILES string of the molecule is O=C(O)CC1CCCN1C(=O)CCn1ccnc1. The minimum atomic E-state index is -0.839. The quantitative estimate of drug-likeness (QED) is 0.837. The minimum absolute atomic E-state index is 0.0347. The third kappa shape index (κ3) is 3.09. The van der Waals surface area contributed by atoms with Crippen molar-refractivity contribution in [3.8, 4) is 0 Å². The van der Waals surface area contributed by atoms with Crippen molar-refractivity contribution in [1.82, 2.24) is 14.5 Å². The van der Waals surface area contributed by atoms with Gasteiger partial charge in [0.1, 0.15) is 0 Å². The predicted molar refractivity (Wildman–Crippen MR) is 63.8 cm³/mol. The number of rotatable bonds is 5. The van der Waals surface area contributed by atoms with Crippen molar-refractivity contribution < 1.29 is 14.7 Å². The van der Waals surface area contributed by atoms with Gasteiger partial charge in [-0.2, -0.15) is 0 Å². The Kier molecular flexibility index (Phi) is 3.96. The summed E-state index contributed by atoms with van der Waals surface area (Å²) < 4.78 is 1.85. The van der Waals surface area contributed by atoms with Crippen molar-refractivity contribution in [2.75, 3.05) is 6.54 Å². The van der Waals surface area contributed by atoms with Crippen molar-refractivity contribution in [3.63, 3.8) is 0 Å². The molecule has 18 heavy (non-hydrogen) atoms. The van der Waals surface area contributed by atoms with Crippen molar-refractivity contribution in [1.29, 1.82) is 0 Å². The lowest BCUT2D eigenvalue weighted by Gasteiger charge is -2.23. The van der Waals surface area contributed by atoms with Gasteiger partial charge in [0, 0.05) is 37.9 Å². The molecule has 0 saturated carbocycles. The summed E-state index contributed by atoms with van der Waals surface area (Å²) in [5.41, 5.74) is 0. The molecular formula is C12H17N3O3. The van der Waals surface area contributed by atoms with Crippen LogP contribution in [0.15, 0.2) is 18.7 Å². The number of hydrogen-bond acceptors (Lipinski definition) is 3. The zero-order valence-corrected chi connectivity index (χ0v) is 10.2. The number of carbonyl (C=O) groups excluding carboxylic acids is 1. The third-order valence-corrected chi connectivity index (χ3v) is 3.25. The Morgan fingerprint density at radius 1 is 1.44 bits per heavy atom. The molecule has 6 heteroatoms. The molecule has 1 amide bonds. The first kappa shape index (κ1) is 12.6. The second-order valence-corrected chi connectivity index (χ2v) is 4.53. The van der Waals surface area contributed by atoms with E-state index >= 15 is 0 Å². The lowest BCUT2D eigenvalue weighted by Crippen LogP contribution is -2.37. The first-order valence-corrected chi connectivity index (χ1v) is 6.14. The summed E-state index contributed by atoms with van der Waals surface area (Å²) in [6, 6.07) is -0.127. The number of aryl methyl sites for hydroxylation is 1. The largest absolute Gasteiger partial charge is 0.481 e. The molecule has 2 heterocycles. The molecule has 0 bridgehead atoms. The number of amides is 1. The Labute approximate surface area is 105 Å². The van der Waals surface area contributed by atoms with Crippen LogP contribution in [-0.4, -0.2) is 44.0 Å². The van der Waals surface area contributed by atoms with E-state index in [-0.39, 0.29) is 18.4 Å². The second-order valence-electron chi connectivity index (χ2n) is 4.53. The highest BCUT2D eigenvalue weighted by molar-refractivity contribution is 5.78. The molecule has 1 aromatic rings. The monoisotopic (exact) mass is 251 g/mol. The highest BCUT2D eigenvalue weighted by Crippen LogP contribution is 2.21. The van der Waals surface area contributed by atoms with Crippen molar-refractivity contribution in [2.45, 2.75) is 38.3 Å². The van der Waals surface area contributed by atoms with Crippen molar-refractivity contribution in [3.05, 3.63) is 18.7 Å². The van der Waals surface area contributed by atoms with Crippen LogP contribution < -0.4 is 0 Å². The summed E-state index contributed by atoms with van der Waals surface area (Å²) in [6.07, 6.45) is 7.30. The van der Waals surface area contributed by atoms with Crippen LogP contribution in [0.1, 0.15) is 25.7 Å². The maximum atomic E-state index is 12.0. The molecule has 1 aromatic heterocycles. The van der Waals surface area contributed by atoms with Crippen molar-refractivity contribution >= 4 is 11.9 Å². The lowest BCUT2D eigenvalue weighted by atomic mass is 10.1. The molecule has 1 aliphatic rings. The van der Waals surface area contributed by atoms with Gasteiger partial charge in [-0.05, 0) is 12.8 Å². The number of imidazole rings is 1. The van der Waals surface area contributed by atoms with Crippen LogP contribution >= 0.6 is 0 Å². The molecule has 0 aromatic carbocycles. The molecule has 6 nitrogen and oxygen atoms in total. The summed E-state index contributed by atoms with van der Waals surface area (Å²) in [5, 5.41) is 8.80. The number of carbonyl (C=O) groups is 2. The van der Waals surface area contributed by atoms with E-state index in [1.165, 1.54) is 0 Å². The molecule has 1 fully saturated rings. The van der Waals surface area contributed by atoms with Gasteiger partial charge in [-0.1, -0.05) is 0 Å². The van der Waals surface area contributed by atoms with E-state index in [9.17, 15) is 9.59 Å². The average molecular weight is 251 g/mol. The standard InChI is InChI=1S/C12H17N3O3/c16-11(3-6-14-7-4-13-9-14)15-5-1-2-10(15)8-12(17)18/h4,7,9-10H,1-3,5-6,8H2,(H,17,18). The van der Waals surface area contributed by atoms with Gasteiger partial charge < -0.3 is 14.6 Å². The fourth-order valence-electron chi connectivity index (χ4n) is 2.37. The smallest absolute Gasteiger partial charge is 0.305 e. The zero-order valence-electron chi connectivity index (χ0n) is 10.2. The minimum Gasteiger partial charge on any atom is -0.481 e. The van der Waals surface area contributed by atoms with Gasteiger partial charge in [-0.15, -0.1) is 0 Å². The van der Waals surface area contributed by atoms with E-state index in [1.807, 2.05) is 10.8 Å². The van der Waals surface area contributed by atoms with Crippen LogP contribution in [0.5, 0.6) is 0 Å². The first-order valence-electron chi connectivity index (χ1n) is 6.14. The number of likely N-dealkylation sites (tertiary alicyclic amines) is 1. The highest BCUT2D eigenvalue weighted by Gasteiger charge is 2.29. The highest BCUT2D eigenvalue weighted by atomic mass is 16.4. The van der Waals surface area contributed by atoms with Gasteiger partial charge >= 0.3 is 5.97 Å². The van der Waals surface area contributed by atoms with Crippen LogP contribution in [0.2, 0.25) is 0 Å². The fraction of sp³-hybridized carbons (Fsp3) is 0.583. The molecular weight excluding hydrogens is 234 g/mol. The first-order chi connectivity index (χ1) is 8.66. The van der Waals surface area contributed by atoms with Gasteiger partial charge in [-0.25, -0.2) is 4.98 Å². The third-order valence-electron chi connectivity index (χ3n) is 3.25. The maximum absolute atomic E-state index is 12.0. The summed E-state index contributed by atoms with van der Waals surface area (Å²) >= 11 is 0. The van der Waals surface area contributed by atoms with Crippen LogP contribution in [0.3, 0.4) is 0 Å². The summed E-state index contributed by atoms with van der Waals surface area (Å²) in [6.45, 7) is 1.27. The number of carboxylic acid groups (broad SMARTS) is 1. The Morgan fingerprint density at radius 3 is 2.94 bits per heavy atom. The summed E-state index contributed by atoms with van der Waals surface area (Å²) in [4.78, 5) is 28.4. The van der Waals surface area contributed by atoms with Crippen LogP contribution in [0, 0.1) is 0 Å². The Balaban J connectivity index is 1.85. The normalized spacial score (nSPS) is 19.1. The summed E-state index contributed by atoms with van der Waals surface area (Å²) in [5.74, 6) is -0.804. The zero-order chi connectivity index (χ0) is 13.0. The van der Waals surface area contributed by atoms with Gasteiger partial charge in [0.15, 0.2) is 0 Å². The van der Waals surface area contributed by atoms with E-state index < -0.39 is 5.97 Å². The van der Waals surface area contributed by atoms with Crippen LogP contribution in [0.4, 0.5) is 0 Å². The van der Waals surface area contributed by atoms with Crippen LogP contribution in [-0.2, 0) is 16.1 Å². The second kappa shape index (κ2) is 5.66. The number of aromatic nitrogens is 2. The molecule has 1 atom stereocenters. The maximum Gasteiger partial charge on any atom is 0.305 e. The summed E-state index contributed by atoms with van der Waals surface area (Å²) in [7, 11) is 0. The molecule has 0 spiro atoms. The number of aliphatic carboxylic acids is 1. The molecule has 1 saturated heterocycles. The Hall–Kier alpha value is -1.85. The van der Waals surface area contributed by atoms with E-state index in [0.717, 1.165) is 12.8 Å². The van der Waals surface area contributed by atoms with Gasteiger partial charge in [-0.3, -0.25) is 9.59 Å². The molecule has 0 radical (unpaired) electrons. The fourth-order valence-corrected chi connectivity index (χ4v) is 2.37. The van der Waals surface area contributed by atoms with Gasteiger partial charge in [0.25, 0.3) is 0 Å². The Morgan fingerprint density at radius 2 is 2.28 bits per heavy atom. The number of hydrogen-bond donors (Lipinski definition) is 1. The number of carboxylic acids is 1. The lowest BCUT2D eigenvalue weighted by molar-refractivity contribution is -0.139. The topological polar surface area (TPSA) is 75.4 Å². The average Bonchev–Trinajstić information content (AvgIpc) is 2.95. The molecule has 0 aliphatic carbocycles. The number of nitrogens with zero attached hydrogens (tertiary/aromatic N) is 3. The van der Waals surface area contributed by atoms with E-state index in [1.54, 1.807) is 17.4 Å². The van der Waals surface area contributed by atoms with Gasteiger partial charge in [0.05, 0.1) is 12.7 Å². The molecule has 98 valence electrons. The van der Waals surface area contributed by atoms with E-state index in [4.69, 9.17) is 5.11 Å². The molecule has 2 rings (SSSR count).